The van der Waals surface area contributed by atoms with E-state index < -0.39 is 11.8 Å². The normalized spacial score (nSPS) is 10.2. The van der Waals surface area contributed by atoms with Gasteiger partial charge in [0.25, 0.3) is 0 Å². The first-order chi connectivity index (χ1) is 10.4. The topological polar surface area (TPSA) is 58.2 Å². The van der Waals surface area contributed by atoms with E-state index in [1.807, 2.05) is 45.0 Å². The fourth-order valence-corrected chi connectivity index (χ4v) is 2.29. The molecule has 4 nitrogen and oxygen atoms in total. The molecule has 0 aliphatic carbocycles. The molecule has 2 N–H and O–H groups in total. The number of benzene rings is 2. The second kappa shape index (κ2) is 6.75. The van der Waals surface area contributed by atoms with E-state index >= 15 is 0 Å². The summed E-state index contributed by atoms with van der Waals surface area (Å²) in [6.07, 6.45) is 0. The molecule has 0 fully saturated rings. The molecule has 0 aromatic heterocycles. The molecule has 0 unspecified atom stereocenters. The molecular weight excluding hydrogens is 344 g/mol. The first kappa shape index (κ1) is 16.2. The first-order valence-electron chi connectivity index (χ1n) is 6.82. The average Bonchev–Trinajstić information content (AvgIpc) is 2.46. The lowest BCUT2D eigenvalue weighted by Crippen LogP contribution is -2.29. The van der Waals surface area contributed by atoms with Crippen molar-refractivity contribution in [3.05, 3.63) is 57.6 Å². The second-order valence-corrected chi connectivity index (χ2v) is 6.04. The minimum atomic E-state index is -0.698. The van der Waals surface area contributed by atoms with Crippen molar-refractivity contribution in [1.82, 2.24) is 0 Å². The van der Waals surface area contributed by atoms with Gasteiger partial charge < -0.3 is 10.6 Å². The number of nitrogens with one attached hydrogen (secondary N) is 2. The number of hydrogen-bond donors (Lipinski definition) is 2. The van der Waals surface area contributed by atoms with Gasteiger partial charge in [-0.2, -0.15) is 0 Å². The number of carbonyl (C=O) groups is 2. The summed E-state index contributed by atoms with van der Waals surface area (Å²) in [4.78, 5) is 24.0. The van der Waals surface area contributed by atoms with Crippen molar-refractivity contribution in [2.45, 2.75) is 20.8 Å². The smallest absolute Gasteiger partial charge is 0.314 e. The van der Waals surface area contributed by atoms with Gasteiger partial charge in [-0.25, -0.2) is 0 Å². The van der Waals surface area contributed by atoms with Crippen LogP contribution in [0.15, 0.2) is 40.9 Å². The predicted octanol–water partition coefficient (Wildman–Crippen LogP) is 3.95. The van der Waals surface area contributed by atoms with Gasteiger partial charge in [0.15, 0.2) is 0 Å². The zero-order valence-corrected chi connectivity index (χ0v) is 14.2. The van der Waals surface area contributed by atoms with Gasteiger partial charge in [-0.1, -0.05) is 34.1 Å². The van der Waals surface area contributed by atoms with Gasteiger partial charge in [0.2, 0.25) is 0 Å². The summed E-state index contributed by atoms with van der Waals surface area (Å²) in [5.41, 5.74) is 4.19. The van der Waals surface area contributed by atoms with Gasteiger partial charge in [0.05, 0.1) is 0 Å². The fourth-order valence-electron chi connectivity index (χ4n) is 1.91. The summed E-state index contributed by atoms with van der Waals surface area (Å²) in [6, 6.07) is 11.1. The standard InChI is InChI=1S/C17H17BrN2O2/c1-10-4-5-12(3)15(8-10)20-17(22)16(21)19-13-7-6-11(2)14(18)9-13/h4-9H,1-3H3,(H,19,21)(H,20,22). The van der Waals surface area contributed by atoms with Crippen LogP contribution in [-0.2, 0) is 9.59 Å². The number of halogens is 1. The van der Waals surface area contributed by atoms with Crippen molar-refractivity contribution < 1.29 is 9.59 Å². The summed E-state index contributed by atoms with van der Waals surface area (Å²) in [5, 5.41) is 5.22. The number of hydrogen-bond acceptors (Lipinski definition) is 2. The van der Waals surface area contributed by atoms with Crippen LogP contribution in [0.2, 0.25) is 0 Å². The van der Waals surface area contributed by atoms with Gasteiger partial charge in [0.1, 0.15) is 0 Å². The molecule has 0 saturated carbocycles. The first-order valence-corrected chi connectivity index (χ1v) is 7.62. The summed E-state index contributed by atoms with van der Waals surface area (Å²) < 4.78 is 0.875. The van der Waals surface area contributed by atoms with E-state index in [2.05, 4.69) is 26.6 Å². The largest absolute Gasteiger partial charge is 0.318 e. The Bertz CT molecular complexity index is 741. The van der Waals surface area contributed by atoms with Gasteiger partial charge in [-0.3, -0.25) is 9.59 Å². The zero-order valence-electron chi connectivity index (χ0n) is 12.7. The third-order valence-electron chi connectivity index (χ3n) is 3.28. The lowest BCUT2D eigenvalue weighted by atomic mass is 10.1. The molecule has 2 rings (SSSR count). The van der Waals surface area contributed by atoms with Crippen LogP contribution < -0.4 is 10.6 Å². The van der Waals surface area contributed by atoms with E-state index in [0.29, 0.717) is 11.4 Å². The Balaban J connectivity index is 2.07. The Morgan fingerprint density at radius 2 is 1.50 bits per heavy atom. The third kappa shape index (κ3) is 3.95. The second-order valence-electron chi connectivity index (χ2n) is 5.19. The molecule has 5 heteroatoms. The quantitative estimate of drug-likeness (QED) is 0.796. The van der Waals surface area contributed by atoms with Crippen LogP contribution in [0.1, 0.15) is 16.7 Å². The lowest BCUT2D eigenvalue weighted by molar-refractivity contribution is -0.133. The van der Waals surface area contributed by atoms with Crippen LogP contribution >= 0.6 is 15.9 Å². The van der Waals surface area contributed by atoms with E-state index in [1.165, 1.54) is 0 Å². The van der Waals surface area contributed by atoms with Gasteiger partial charge in [0, 0.05) is 15.8 Å². The molecule has 0 saturated heterocycles. The van der Waals surface area contributed by atoms with E-state index in [1.54, 1.807) is 12.1 Å². The number of rotatable bonds is 2. The van der Waals surface area contributed by atoms with E-state index in [0.717, 1.165) is 21.2 Å². The molecule has 0 radical (unpaired) electrons. The Labute approximate surface area is 138 Å². The average molecular weight is 361 g/mol. The molecule has 0 atom stereocenters. The van der Waals surface area contributed by atoms with Crippen molar-refractivity contribution in [1.29, 1.82) is 0 Å². The SMILES string of the molecule is Cc1ccc(C)c(NC(=O)C(=O)Nc2ccc(C)c(Br)c2)c1. The Morgan fingerprint density at radius 1 is 0.864 bits per heavy atom. The van der Waals surface area contributed by atoms with Crippen LogP contribution in [-0.4, -0.2) is 11.8 Å². The van der Waals surface area contributed by atoms with Crippen molar-refractivity contribution in [2.75, 3.05) is 10.6 Å². The van der Waals surface area contributed by atoms with E-state index in [-0.39, 0.29) is 0 Å². The number of amides is 2. The molecule has 0 aliphatic rings. The predicted molar refractivity (Wildman–Crippen MR) is 92.1 cm³/mol. The van der Waals surface area contributed by atoms with Crippen molar-refractivity contribution in [3.8, 4) is 0 Å². The minimum Gasteiger partial charge on any atom is -0.318 e. The molecule has 0 aliphatic heterocycles. The fraction of sp³-hybridized carbons (Fsp3) is 0.176. The maximum absolute atomic E-state index is 12.0. The molecule has 0 spiro atoms. The number of anilines is 2. The highest BCUT2D eigenvalue weighted by Crippen LogP contribution is 2.21. The Kier molecular flexibility index (Phi) is 4.98. The van der Waals surface area contributed by atoms with Crippen LogP contribution in [0.25, 0.3) is 0 Å². The number of aryl methyl sites for hydroxylation is 3. The summed E-state index contributed by atoms with van der Waals surface area (Å²) in [5.74, 6) is -1.39. The highest BCUT2D eigenvalue weighted by Gasteiger charge is 2.15. The molecule has 0 bridgehead atoms. The summed E-state index contributed by atoms with van der Waals surface area (Å²) in [7, 11) is 0. The molecule has 0 heterocycles. The molecule has 2 aromatic carbocycles. The number of carbonyl (C=O) groups excluding carboxylic acids is 2. The van der Waals surface area contributed by atoms with Crippen LogP contribution in [0, 0.1) is 20.8 Å². The molecule has 22 heavy (non-hydrogen) atoms. The maximum Gasteiger partial charge on any atom is 0.314 e. The van der Waals surface area contributed by atoms with Crippen molar-refractivity contribution in [2.24, 2.45) is 0 Å². The van der Waals surface area contributed by atoms with Gasteiger partial charge >= 0.3 is 11.8 Å². The zero-order chi connectivity index (χ0) is 16.3. The molecular formula is C17H17BrN2O2. The monoisotopic (exact) mass is 360 g/mol. The third-order valence-corrected chi connectivity index (χ3v) is 4.13. The minimum absolute atomic E-state index is 0.568. The Hall–Kier alpha value is -2.14. The summed E-state index contributed by atoms with van der Waals surface area (Å²) in [6.45, 7) is 5.76. The lowest BCUT2D eigenvalue weighted by Gasteiger charge is -2.10. The highest BCUT2D eigenvalue weighted by atomic mass is 79.9. The van der Waals surface area contributed by atoms with Crippen molar-refractivity contribution >= 4 is 39.1 Å². The van der Waals surface area contributed by atoms with Crippen LogP contribution in [0.4, 0.5) is 11.4 Å². The molecule has 2 amide bonds. The Morgan fingerprint density at radius 3 is 2.18 bits per heavy atom. The van der Waals surface area contributed by atoms with Crippen LogP contribution in [0.3, 0.4) is 0 Å². The van der Waals surface area contributed by atoms with E-state index in [9.17, 15) is 9.59 Å². The van der Waals surface area contributed by atoms with Gasteiger partial charge in [-0.05, 0) is 55.7 Å². The highest BCUT2D eigenvalue weighted by molar-refractivity contribution is 9.10. The van der Waals surface area contributed by atoms with Crippen LogP contribution in [0.5, 0.6) is 0 Å². The summed E-state index contributed by atoms with van der Waals surface area (Å²) >= 11 is 3.39. The van der Waals surface area contributed by atoms with Crippen molar-refractivity contribution in [3.63, 3.8) is 0 Å². The van der Waals surface area contributed by atoms with E-state index in [4.69, 9.17) is 0 Å². The maximum atomic E-state index is 12.0. The van der Waals surface area contributed by atoms with Gasteiger partial charge in [-0.15, -0.1) is 0 Å². The molecule has 2 aromatic rings. The molecule has 114 valence electrons.